The summed E-state index contributed by atoms with van der Waals surface area (Å²) in [4.78, 5) is 7.14. The van der Waals surface area contributed by atoms with E-state index in [2.05, 4.69) is 68.7 Å². The van der Waals surface area contributed by atoms with Crippen molar-refractivity contribution in [2.75, 3.05) is 0 Å². The summed E-state index contributed by atoms with van der Waals surface area (Å²) in [6, 6.07) is 0. The molecule has 1 atom stereocenters. The van der Waals surface area contributed by atoms with Crippen LogP contribution in [0.15, 0.2) is 82.9 Å². The normalized spacial score (nSPS) is 19.0. The van der Waals surface area contributed by atoms with Crippen LogP contribution in [-0.4, -0.2) is 9.88 Å². The maximum Gasteiger partial charge on any atom is 0.0962 e. The fourth-order valence-corrected chi connectivity index (χ4v) is 5.78. The van der Waals surface area contributed by atoms with E-state index < -0.39 is 0 Å². The van der Waals surface area contributed by atoms with E-state index in [9.17, 15) is 0 Å². The number of thiazole rings is 1. The molecule has 0 radical (unpaired) electrons. The van der Waals surface area contributed by atoms with Gasteiger partial charge in [-0.15, -0.1) is 17.1 Å². The third-order valence-corrected chi connectivity index (χ3v) is 7.46. The highest BCUT2D eigenvalue weighted by molar-refractivity contribution is 7.09. The summed E-state index contributed by atoms with van der Waals surface area (Å²) in [6.07, 6.45) is 15.9. The van der Waals surface area contributed by atoms with Gasteiger partial charge in [0.25, 0.3) is 0 Å². The van der Waals surface area contributed by atoms with Crippen LogP contribution in [-0.2, 0) is 0 Å². The Labute approximate surface area is 199 Å². The summed E-state index contributed by atoms with van der Waals surface area (Å²) in [7, 11) is 0. The molecule has 0 amide bonds. The number of nitrogens with zero attached hydrogens (tertiary/aromatic N) is 2. The first kappa shape index (κ1) is 24.3. The number of hydrogen-bond donors (Lipinski definition) is 0. The lowest BCUT2D eigenvalue weighted by atomic mass is 9.90. The Morgan fingerprint density at radius 2 is 2.06 bits per heavy atom. The molecule has 1 aromatic heterocycles. The Kier molecular flexibility index (Phi) is 8.73. The van der Waals surface area contributed by atoms with Crippen molar-refractivity contribution in [1.82, 2.24) is 9.88 Å². The van der Waals surface area contributed by atoms with Gasteiger partial charge in [-0.05, 0) is 75.7 Å². The third-order valence-electron chi connectivity index (χ3n) is 6.33. The molecule has 1 aliphatic carbocycles. The van der Waals surface area contributed by atoms with Gasteiger partial charge in [0.2, 0.25) is 0 Å². The lowest BCUT2D eigenvalue weighted by Gasteiger charge is -2.34. The minimum Gasteiger partial charge on any atom is -0.322 e. The Hall–Kier alpha value is -2.35. The van der Waals surface area contributed by atoms with Gasteiger partial charge in [-0.25, -0.2) is 4.98 Å². The van der Waals surface area contributed by atoms with Crippen molar-refractivity contribution in [2.45, 2.75) is 84.5 Å². The summed E-state index contributed by atoms with van der Waals surface area (Å²) in [5.41, 5.74) is 12.5. The molecule has 2 heterocycles. The maximum atomic E-state index is 4.77. The first-order valence-electron chi connectivity index (χ1n) is 12.0. The molecular weight excluding hydrogens is 408 g/mol. The van der Waals surface area contributed by atoms with Gasteiger partial charge in [-0.2, -0.15) is 0 Å². The van der Waals surface area contributed by atoms with Crippen LogP contribution in [0.25, 0.3) is 0 Å². The second-order valence-corrected chi connectivity index (χ2v) is 9.93. The van der Waals surface area contributed by atoms with Gasteiger partial charge < -0.3 is 4.90 Å². The van der Waals surface area contributed by atoms with Crippen molar-refractivity contribution in [3.05, 3.63) is 93.6 Å². The fraction of sp³-hybridized carbons (Fsp3) is 0.448. The number of rotatable bonds is 8. The highest BCUT2D eigenvalue weighted by Gasteiger charge is 2.25. The Morgan fingerprint density at radius 1 is 1.28 bits per heavy atom. The molecule has 3 heteroatoms. The van der Waals surface area contributed by atoms with Crippen molar-refractivity contribution in [3.8, 4) is 0 Å². The largest absolute Gasteiger partial charge is 0.322 e. The van der Waals surface area contributed by atoms with Crippen molar-refractivity contribution in [3.63, 3.8) is 0 Å². The zero-order valence-electron chi connectivity index (χ0n) is 20.2. The number of fused-ring (bicyclic) bond motifs is 1. The molecule has 1 unspecified atom stereocenters. The number of aryl methyl sites for hydroxylation is 1. The Bertz CT molecular complexity index is 994. The molecule has 1 fully saturated rings. The van der Waals surface area contributed by atoms with Gasteiger partial charge >= 0.3 is 0 Å². The minimum absolute atomic E-state index is 0.436. The molecule has 2 aliphatic rings. The van der Waals surface area contributed by atoms with E-state index in [-0.39, 0.29) is 0 Å². The zero-order valence-corrected chi connectivity index (χ0v) is 21.0. The average molecular weight is 447 g/mol. The van der Waals surface area contributed by atoms with Gasteiger partial charge in [0.15, 0.2) is 0 Å². The van der Waals surface area contributed by atoms with E-state index >= 15 is 0 Å². The first-order valence-corrected chi connectivity index (χ1v) is 12.8. The van der Waals surface area contributed by atoms with Gasteiger partial charge in [0.05, 0.1) is 5.01 Å². The topological polar surface area (TPSA) is 16.1 Å². The SMILES string of the molecule is C=CC=C1CC=C=C2CCCCCC2=C(CC(=C)CC(CC)c2nc(C)cs2)N1C(=C)C. The maximum absolute atomic E-state index is 4.77. The summed E-state index contributed by atoms with van der Waals surface area (Å²) in [5, 5.41) is 3.40. The quantitative estimate of drug-likeness (QED) is 0.293. The van der Waals surface area contributed by atoms with Crippen LogP contribution in [0.3, 0.4) is 0 Å². The smallest absolute Gasteiger partial charge is 0.0962 e. The van der Waals surface area contributed by atoms with E-state index in [1.54, 1.807) is 11.3 Å². The predicted molar refractivity (Wildman–Crippen MR) is 140 cm³/mol. The molecule has 0 aromatic carbocycles. The summed E-state index contributed by atoms with van der Waals surface area (Å²) >= 11 is 1.78. The van der Waals surface area contributed by atoms with E-state index in [0.29, 0.717) is 5.92 Å². The summed E-state index contributed by atoms with van der Waals surface area (Å²) < 4.78 is 0. The van der Waals surface area contributed by atoms with Crippen LogP contribution < -0.4 is 0 Å². The first-order chi connectivity index (χ1) is 15.4. The molecule has 2 nitrogen and oxygen atoms in total. The molecule has 0 bridgehead atoms. The van der Waals surface area contributed by atoms with Crippen LogP contribution >= 0.6 is 11.3 Å². The van der Waals surface area contributed by atoms with Crippen LogP contribution in [0.4, 0.5) is 0 Å². The molecule has 1 aliphatic heterocycles. The number of hydrogen-bond acceptors (Lipinski definition) is 3. The van der Waals surface area contributed by atoms with E-state index in [1.165, 1.54) is 52.4 Å². The third kappa shape index (κ3) is 5.91. The van der Waals surface area contributed by atoms with Crippen LogP contribution in [0, 0.1) is 6.92 Å². The predicted octanol–water partition coefficient (Wildman–Crippen LogP) is 8.89. The van der Waals surface area contributed by atoms with Crippen molar-refractivity contribution < 1.29 is 0 Å². The fourth-order valence-electron chi connectivity index (χ4n) is 4.80. The number of allylic oxidation sites excluding steroid dienone is 6. The molecule has 0 N–H and O–H groups in total. The number of aromatic nitrogens is 1. The Morgan fingerprint density at radius 3 is 2.72 bits per heavy atom. The van der Waals surface area contributed by atoms with E-state index in [4.69, 9.17) is 4.98 Å². The Balaban J connectivity index is 2.00. The average Bonchev–Trinajstić information content (AvgIpc) is 3.04. The highest BCUT2D eigenvalue weighted by atomic mass is 32.1. The van der Waals surface area contributed by atoms with Crippen molar-refractivity contribution in [2.24, 2.45) is 0 Å². The second-order valence-electron chi connectivity index (χ2n) is 9.04. The highest BCUT2D eigenvalue weighted by Crippen LogP contribution is 2.39. The lowest BCUT2D eigenvalue weighted by Crippen LogP contribution is -2.23. The molecule has 3 rings (SSSR count). The minimum atomic E-state index is 0.436. The second kappa shape index (κ2) is 11.5. The van der Waals surface area contributed by atoms with E-state index in [1.807, 2.05) is 6.08 Å². The van der Waals surface area contributed by atoms with Crippen molar-refractivity contribution >= 4 is 11.3 Å². The van der Waals surface area contributed by atoms with Gasteiger partial charge in [0, 0.05) is 46.9 Å². The van der Waals surface area contributed by atoms with Crippen LogP contribution in [0.1, 0.15) is 88.3 Å². The van der Waals surface area contributed by atoms with E-state index in [0.717, 1.165) is 49.9 Å². The van der Waals surface area contributed by atoms with Crippen LogP contribution in [0.5, 0.6) is 0 Å². The zero-order chi connectivity index (χ0) is 23.1. The standard InChI is InChI=1S/C29H38N2S/c1-7-13-26-16-12-15-25-14-10-9-11-17-27(25)28(31(26)21(3)4)19-22(5)18-24(8-2)29-30-23(6)20-32-29/h7,12-13,20,24H,1,3,5,8-11,14,16-19H2,2,4,6H3. The molecule has 170 valence electrons. The summed E-state index contributed by atoms with van der Waals surface area (Å²) in [5.74, 6) is 0.436. The molecule has 1 saturated carbocycles. The van der Waals surface area contributed by atoms with Gasteiger partial charge in [0.1, 0.15) is 0 Å². The molecule has 1 aromatic rings. The lowest BCUT2D eigenvalue weighted by molar-refractivity contribution is 0.489. The molecule has 0 saturated heterocycles. The van der Waals surface area contributed by atoms with Crippen molar-refractivity contribution in [1.29, 1.82) is 0 Å². The molecule has 32 heavy (non-hydrogen) atoms. The van der Waals surface area contributed by atoms with Gasteiger partial charge in [-0.1, -0.05) is 44.7 Å². The molecular formula is C29H38N2S. The van der Waals surface area contributed by atoms with Crippen LogP contribution in [0.2, 0.25) is 0 Å². The monoisotopic (exact) mass is 446 g/mol. The molecule has 0 spiro atoms. The van der Waals surface area contributed by atoms with Gasteiger partial charge in [-0.3, -0.25) is 0 Å². The summed E-state index contributed by atoms with van der Waals surface area (Å²) in [6.45, 7) is 19.3.